The quantitative estimate of drug-likeness (QED) is 0.0822. The maximum Gasteiger partial charge on any atom is 0.292 e. The van der Waals surface area contributed by atoms with Crippen LogP contribution in [0.15, 0.2) is 12.1 Å². The maximum absolute atomic E-state index is 11.7. The number of nitro benzene ring substituents is 1. The first-order valence-corrected chi connectivity index (χ1v) is 13.6. The SMILES string of the molecule is CCCCCCCCCCCCCCCCCCc1cc(C(=O)S)c([N+](=O)[O-])c(C(=O)S)c1. The summed E-state index contributed by atoms with van der Waals surface area (Å²) in [6, 6.07) is 2.97. The number of thiol groups is 2. The number of carbonyl (C=O) groups excluding carboxylic acids is 2. The van der Waals surface area contributed by atoms with Crippen molar-refractivity contribution >= 4 is 41.2 Å². The summed E-state index contributed by atoms with van der Waals surface area (Å²) < 4.78 is 0. The van der Waals surface area contributed by atoms with E-state index in [1.165, 1.54) is 95.6 Å². The number of nitro groups is 1. The minimum Gasteiger partial charge on any atom is -0.282 e. The molecule has 0 spiro atoms. The van der Waals surface area contributed by atoms with Crippen LogP contribution in [0.3, 0.4) is 0 Å². The van der Waals surface area contributed by atoms with Crippen LogP contribution in [0.5, 0.6) is 0 Å². The van der Waals surface area contributed by atoms with E-state index in [9.17, 15) is 19.7 Å². The van der Waals surface area contributed by atoms with E-state index in [4.69, 9.17) is 0 Å². The molecule has 0 aromatic heterocycles. The Labute approximate surface area is 210 Å². The van der Waals surface area contributed by atoms with E-state index in [-0.39, 0.29) is 11.1 Å². The first-order chi connectivity index (χ1) is 15.9. The van der Waals surface area contributed by atoms with Crippen LogP contribution in [0.4, 0.5) is 5.69 Å². The van der Waals surface area contributed by atoms with E-state index in [1.54, 1.807) is 0 Å². The zero-order valence-electron chi connectivity index (χ0n) is 20.2. The van der Waals surface area contributed by atoms with E-state index in [0.717, 1.165) is 24.8 Å². The molecule has 0 aliphatic rings. The normalized spacial score (nSPS) is 11.0. The molecule has 0 heterocycles. The van der Waals surface area contributed by atoms with Crippen molar-refractivity contribution in [3.05, 3.63) is 38.9 Å². The Morgan fingerprint density at radius 2 is 1.03 bits per heavy atom. The summed E-state index contributed by atoms with van der Waals surface area (Å²) >= 11 is 7.48. The zero-order valence-corrected chi connectivity index (χ0v) is 21.9. The minimum atomic E-state index is -0.717. The van der Waals surface area contributed by atoms with Gasteiger partial charge in [-0.25, -0.2) is 0 Å². The second-order valence-corrected chi connectivity index (χ2v) is 9.77. The molecule has 7 heteroatoms. The summed E-state index contributed by atoms with van der Waals surface area (Å²) in [4.78, 5) is 34.1. The Morgan fingerprint density at radius 3 is 1.33 bits per heavy atom. The predicted octanol–water partition coefficient (Wildman–Crippen LogP) is 8.54. The third kappa shape index (κ3) is 12.6. The lowest BCUT2D eigenvalue weighted by atomic mass is 9.99. The lowest BCUT2D eigenvalue weighted by Crippen LogP contribution is -2.07. The van der Waals surface area contributed by atoms with Gasteiger partial charge >= 0.3 is 0 Å². The number of benzene rings is 1. The van der Waals surface area contributed by atoms with Crippen molar-refractivity contribution in [2.24, 2.45) is 0 Å². The summed E-state index contributed by atoms with van der Waals surface area (Å²) in [7, 11) is 0. The van der Waals surface area contributed by atoms with Crippen LogP contribution in [0.2, 0.25) is 0 Å². The first kappa shape index (κ1) is 29.7. The molecule has 1 aromatic carbocycles. The monoisotopic (exact) mass is 495 g/mol. The van der Waals surface area contributed by atoms with Crippen LogP contribution >= 0.6 is 25.3 Å². The average molecular weight is 496 g/mol. The Bertz CT molecular complexity index is 717. The van der Waals surface area contributed by atoms with Crippen molar-refractivity contribution < 1.29 is 14.5 Å². The molecule has 0 saturated carbocycles. The van der Waals surface area contributed by atoms with Gasteiger partial charge in [-0.1, -0.05) is 103 Å². The van der Waals surface area contributed by atoms with Gasteiger partial charge in [0.05, 0.1) is 4.92 Å². The van der Waals surface area contributed by atoms with E-state index in [0.29, 0.717) is 6.42 Å². The molecule has 0 unspecified atom stereocenters. The Hall–Kier alpha value is -1.34. The average Bonchev–Trinajstić information content (AvgIpc) is 2.77. The van der Waals surface area contributed by atoms with Crippen molar-refractivity contribution in [1.82, 2.24) is 0 Å². The number of rotatable bonds is 20. The molecule has 0 bridgehead atoms. The van der Waals surface area contributed by atoms with Gasteiger partial charge in [0.2, 0.25) is 10.2 Å². The topological polar surface area (TPSA) is 77.3 Å². The molecule has 0 radical (unpaired) electrons. The van der Waals surface area contributed by atoms with Gasteiger partial charge in [-0.3, -0.25) is 19.7 Å². The van der Waals surface area contributed by atoms with Crippen LogP contribution in [0.1, 0.15) is 136 Å². The van der Waals surface area contributed by atoms with Gasteiger partial charge in [0.1, 0.15) is 11.1 Å². The number of hydrogen-bond donors (Lipinski definition) is 2. The number of nitrogens with zero attached hydrogens (tertiary/aromatic N) is 1. The summed E-state index contributed by atoms with van der Waals surface area (Å²) in [5, 5.41) is 9.88. The van der Waals surface area contributed by atoms with Gasteiger partial charge in [0.15, 0.2) is 0 Å². The molecule has 0 N–H and O–H groups in total. The fourth-order valence-corrected chi connectivity index (χ4v) is 4.58. The summed E-state index contributed by atoms with van der Waals surface area (Å²) in [6.45, 7) is 2.26. The molecule has 1 aromatic rings. The third-order valence-corrected chi connectivity index (χ3v) is 6.61. The second kappa shape index (κ2) is 18.0. The molecule has 0 aliphatic heterocycles. The summed E-state index contributed by atoms with van der Waals surface area (Å²) in [6.07, 6.45) is 21.3. The van der Waals surface area contributed by atoms with Crippen LogP contribution in [-0.4, -0.2) is 15.2 Å². The molecule has 186 valence electrons. The van der Waals surface area contributed by atoms with Gasteiger partial charge in [-0.15, -0.1) is 25.3 Å². The van der Waals surface area contributed by atoms with Crippen LogP contribution in [-0.2, 0) is 6.42 Å². The van der Waals surface area contributed by atoms with Crippen LogP contribution in [0, 0.1) is 10.1 Å². The highest BCUT2D eigenvalue weighted by molar-refractivity contribution is 7.97. The second-order valence-electron chi connectivity index (χ2n) is 8.96. The minimum absolute atomic E-state index is 0.144. The zero-order chi connectivity index (χ0) is 24.5. The highest BCUT2D eigenvalue weighted by Crippen LogP contribution is 2.29. The first-order valence-electron chi connectivity index (χ1n) is 12.7. The van der Waals surface area contributed by atoms with Crippen molar-refractivity contribution in [1.29, 1.82) is 0 Å². The smallest absolute Gasteiger partial charge is 0.282 e. The number of carbonyl (C=O) groups is 2. The molecule has 0 saturated heterocycles. The molecule has 0 atom stereocenters. The van der Waals surface area contributed by atoms with Gasteiger partial charge < -0.3 is 0 Å². The van der Waals surface area contributed by atoms with Crippen molar-refractivity contribution in [2.45, 2.75) is 116 Å². The largest absolute Gasteiger partial charge is 0.292 e. The van der Waals surface area contributed by atoms with Crippen molar-refractivity contribution in [2.75, 3.05) is 0 Å². The fraction of sp³-hybridized carbons (Fsp3) is 0.692. The summed E-state index contributed by atoms with van der Waals surface area (Å²) in [5.74, 6) is 0. The molecule has 33 heavy (non-hydrogen) atoms. The molecule has 0 aliphatic carbocycles. The van der Waals surface area contributed by atoms with E-state index in [2.05, 4.69) is 32.2 Å². The number of unbranched alkanes of at least 4 members (excludes halogenated alkanes) is 15. The Balaban J connectivity index is 2.19. The molecule has 0 fully saturated rings. The van der Waals surface area contributed by atoms with Crippen molar-refractivity contribution in [3.63, 3.8) is 0 Å². The highest BCUT2D eigenvalue weighted by Gasteiger charge is 2.27. The molecule has 0 amide bonds. The van der Waals surface area contributed by atoms with Gasteiger partial charge in [-0.05, 0) is 30.5 Å². The van der Waals surface area contributed by atoms with Gasteiger partial charge in [0.25, 0.3) is 5.69 Å². The maximum atomic E-state index is 11.7. The Morgan fingerprint density at radius 1 is 0.697 bits per heavy atom. The van der Waals surface area contributed by atoms with E-state index >= 15 is 0 Å². The molecule has 1 rings (SSSR count). The standard InChI is InChI=1S/C26H41NO4S2/c1-2-3-4-5-6-7-8-9-10-11-12-13-14-15-16-17-18-21-19-22(25(28)32)24(27(30)31)23(20-21)26(29)33/h19-20H,2-18H2,1H3,(H,28,32)(H,29,33). The van der Waals surface area contributed by atoms with E-state index in [1.807, 2.05) is 0 Å². The fourth-order valence-electron chi connectivity index (χ4n) is 4.24. The van der Waals surface area contributed by atoms with Gasteiger partial charge in [0, 0.05) is 0 Å². The predicted molar refractivity (Wildman–Crippen MR) is 143 cm³/mol. The number of hydrogen-bond acceptors (Lipinski definition) is 4. The van der Waals surface area contributed by atoms with Crippen molar-refractivity contribution in [3.8, 4) is 0 Å². The van der Waals surface area contributed by atoms with Crippen LogP contribution < -0.4 is 0 Å². The molecular formula is C26H41NO4S2. The number of aryl methyl sites for hydroxylation is 1. The molecule has 5 nitrogen and oxygen atoms in total. The van der Waals surface area contributed by atoms with E-state index < -0.39 is 20.8 Å². The Kier molecular flexibility index (Phi) is 16.2. The molecular weight excluding hydrogens is 454 g/mol. The third-order valence-electron chi connectivity index (χ3n) is 6.13. The lowest BCUT2D eigenvalue weighted by Gasteiger charge is -2.08. The van der Waals surface area contributed by atoms with Gasteiger partial charge in [-0.2, -0.15) is 0 Å². The lowest BCUT2D eigenvalue weighted by molar-refractivity contribution is -0.385. The summed E-state index contributed by atoms with van der Waals surface area (Å²) in [5.41, 5.74) is -0.0593. The highest BCUT2D eigenvalue weighted by atomic mass is 32.1. The van der Waals surface area contributed by atoms with Crippen LogP contribution in [0.25, 0.3) is 0 Å².